The lowest BCUT2D eigenvalue weighted by Crippen LogP contribution is -2.33. The van der Waals surface area contributed by atoms with Gasteiger partial charge in [0.25, 0.3) is 0 Å². The number of carbonyl (C=O) groups is 1. The third-order valence-electron chi connectivity index (χ3n) is 5.42. The normalized spacial score (nSPS) is 15.1. The smallest absolute Gasteiger partial charge is 0.227 e. The summed E-state index contributed by atoms with van der Waals surface area (Å²) in [6.45, 7) is 2.93. The Balaban J connectivity index is 1.78. The maximum absolute atomic E-state index is 13.2. The van der Waals surface area contributed by atoms with Crippen LogP contribution < -0.4 is 14.4 Å². The van der Waals surface area contributed by atoms with Crippen molar-refractivity contribution in [3.8, 4) is 17.6 Å². The van der Waals surface area contributed by atoms with E-state index in [0.29, 0.717) is 26.0 Å². The Morgan fingerprint density at radius 3 is 2.66 bits per heavy atom. The van der Waals surface area contributed by atoms with Gasteiger partial charge in [-0.15, -0.1) is 0 Å². The van der Waals surface area contributed by atoms with Crippen LogP contribution in [-0.4, -0.2) is 26.2 Å². The van der Waals surface area contributed by atoms with Gasteiger partial charge in [0.2, 0.25) is 5.91 Å². The minimum Gasteiger partial charge on any atom is -0.497 e. The lowest BCUT2D eigenvalue weighted by Gasteiger charge is -2.29. The summed E-state index contributed by atoms with van der Waals surface area (Å²) >= 11 is 0. The quantitative estimate of drug-likeness (QED) is 0.644. The van der Waals surface area contributed by atoms with Crippen molar-refractivity contribution in [1.82, 2.24) is 0 Å². The van der Waals surface area contributed by atoms with Crippen LogP contribution in [0, 0.1) is 11.3 Å². The number of carbonyl (C=O) groups excluding carboxylic acids is 1. The first-order valence-electron chi connectivity index (χ1n) is 10.2. The number of rotatable bonds is 8. The van der Waals surface area contributed by atoms with Crippen molar-refractivity contribution in [2.24, 2.45) is 0 Å². The first-order chi connectivity index (χ1) is 14.2. The van der Waals surface area contributed by atoms with E-state index in [-0.39, 0.29) is 11.8 Å². The molecule has 0 saturated carbocycles. The molecule has 1 aliphatic rings. The van der Waals surface area contributed by atoms with Gasteiger partial charge in [0.15, 0.2) is 0 Å². The minimum absolute atomic E-state index is 0.0538. The van der Waals surface area contributed by atoms with Crippen molar-refractivity contribution in [3.05, 3.63) is 53.6 Å². The molecule has 0 N–H and O–H groups in total. The molecule has 152 valence electrons. The summed E-state index contributed by atoms with van der Waals surface area (Å²) in [7, 11) is 1.68. The largest absolute Gasteiger partial charge is 0.497 e. The van der Waals surface area contributed by atoms with Gasteiger partial charge < -0.3 is 14.4 Å². The number of nitrogens with zero attached hydrogens (tertiary/aromatic N) is 2. The molecule has 0 radical (unpaired) electrons. The van der Waals surface area contributed by atoms with Gasteiger partial charge in [-0.05, 0) is 79.6 Å². The molecule has 1 unspecified atom stereocenters. The highest BCUT2D eigenvalue weighted by molar-refractivity contribution is 5.94. The summed E-state index contributed by atoms with van der Waals surface area (Å²) < 4.78 is 10.8. The topological polar surface area (TPSA) is 62.6 Å². The van der Waals surface area contributed by atoms with Gasteiger partial charge in [0.1, 0.15) is 11.5 Å². The van der Waals surface area contributed by atoms with Crippen molar-refractivity contribution in [2.75, 3.05) is 25.2 Å². The highest BCUT2D eigenvalue weighted by atomic mass is 16.5. The van der Waals surface area contributed by atoms with E-state index < -0.39 is 0 Å². The number of benzene rings is 2. The second-order valence-electron chi connectivity index (χ2n) is 7.24. The number of ether oxygens (including phenoxy) is 2. The van der Waals surface area contributed by atoms with E-state index in [0.717, 1.165) is 36.4 Å². The second-order valence-corrected chi connectivity index (χ2v) is 7.24. The molecule has 2 aromatic carbocycles. The van der Waals surface area contributed by atoms with Crippen LogP contribution in [0.2, 0.25) is 0 Å². The molecular formula is C24H28N2O3. The molecule has 29 heavy (non-hydrogen) atoms. The third kappa shape index (κ3) is 5.08. The van der Waals surface area contributed by atoms with Crippen LogP contribution in [0.15, 0.2) is 42.5 Å². The highest BCUT2D eigenvalue weighted by Crippen LogP contribution is 2.36. The van der Waals surface area contributed by atoms with Crippen molar-refractivity contribution < 1.29 is 14.3 Å². The van der Waals surface area contributed by atoms with E-state index in [4.69, 9.17) is 14.7 Å². The van der Waals surface area contributed by atoms with E-state index in [1.165, 1.54) is 11.1 Å². The number of nitriles is 1. The van der Waals surface area contributed by atoms with Gasteiger partial charge in [-0.1, -0.05) is 6.07 Å². The fraction of sp³-hybridized carbons (Fsp3) is 0.417. The van der Waals surface area contributed by atoms with E-state index >= 15 is 0 Å². The predicted molar refractivity (Wildman–Crippen MR) is 113 cm³/mol. The average Bonchev–Trinajstić information content (AvgIpc) is 2.75. The molecule has 1 aliphatic carbocycles. The van der Waals surface area contributed by atoms with Crippen LogP contribution in [-0.2, 0) is 11.2 Å². The Hall–Kier alpha value is -3.00. The first-order valence-corrected chi connectivity index (χ1v) is 10.2. The fourth-order valence-corrected chi connectivity index (χ4v) is 4.00. The summed E-state index contributed by atoms with van der Waals surface area (Å²) in [6.07, 6.45) is 3.84. The van der Waals surface area contributed by atoms with Gasteiger partial charge in [0.05, 0.1) is 26.2 Å². The Labute approximate surface area is 172 Å². The average molecular weight is 392 g/mol. The molecule has 5 nitrogen and oxygen atoms in total. The maximum Gasteiger partial charge on any atom is 0.227 e. The predicted octanol–water partition coefficient (Wildman–Crippen LogP) is 4.85. The summed E-state index contributed by atoms with van der Waals surface area (Å²) in [5.41, 5.74) is 3.33. The lowest BCUT2D eigenvalue weighted by atomic mass is 9.80. The molecule has 0 bridgehead atoms. The number of methoxy groups -OCH3 is 1. The number of aryl methyl sites for hydroxylation is 1. The fourth-order valence-electron chi connectivity index (χ4n) is 4.00. The molecule has 0 spiro atoms. The SMILES string of the molecule is CCOc1ccc(N(CCC#N)C(=O)CC2CCCc3cc(OC)ccc32)cc1. The number of hydrogen-bond donors (Lipinski definition) is 0. The maximum atomic E-state index is 13.2. The lowest BCUT2D eigenvalue weighted by molar-refractivity contribution is -0.119. The third-order valence-corrected chi connectivity index (χ3v) is 5.42. The molecule has 1 amide bonds. The Morgan fingerprint density at radius 1 is 1.21 bits per heavy atom. The molecule has 3 rings (SSSR count). The van der Waals surface area contributed by atoms with E-state index in [9.17, 15) is 4.79 Å². The number of fused-ring (bicyclic) bond motifs is 1. The zero-order valence-corrected chi connectivity index (χ0v) is 17.2. The van der Waals surface area contributed by atoms with Crippen LogP contribution >= 0.6 is 0 Å². The monoisotopic (exact) mass is 392 g/mol. The van der Waals surface area contributed by atoms with Gasteiger partial charge in [-0.2, -0.15) is 5.26 Å². The van der Waals surface area contributed by atoms with Gasteiger partial charge >= 0.3 is 0 Å². The molecule has 0 saturated heterocycles. The van der Waals surface area contributed by atoms with Crippen LogP contribution in [0.3, 0.4) is 0 Å². The van der Waals surface area contributed by atoms with Crippen molar-refractivity contribution in [1.29, 1.82) is 5.26 Å². The van der Waals surface area contributed by atoms with Crippen molar-refractivity contribution in [3.63, 3.8) is 0 Å². The molecule has 0 fully saturated rings. The summed E-state index contributed by atoms with van der Waals surface area (Å²) in [6, 6.07) is 15.8. The number of hydrogen-bond acceptors (Lipinski definition) is 4. The van der Waals surface area contributed by atoms with Crippen LogP contribution in [0.1, 0.15) is 49.7 Å². The van der Waals surface area contributed by atoms with Gasteiger partial charge in [0, 0.05) is 18.7 Å². The zero-order valence-electron chi connectivity index (χ0n) is 17.2. The zero-order chi connectivity index (χ0) is 20.6. The van der Waals surface area contributed by atoms with Crippen molar-refractivity contribution >= 4 is 11.6 Å². The van der Waals surface area contributed by atoms with Crippen LogP contribution in [0.4, 0.5) is 5.69 Å². The molecular weight excluding hydrogens is 364 g/mol. The van der Waals surface area contributed by atoms with E-state index in [1.54, 1.807) is 12.0 Å². The summed E-state index contributed by atoms with van der Waals surface area (Å²) in [4.78, 5) is 15.0. The summed E-state index contributed by atoms with van der Waals surface area (Å²) in [5.74, 6) is 1.89. The van der Waals surface area contributed by atoms with E-state index in [2.05, 4.69) is 18.2 Å². The first kappa shape index (κ1) is 20.7. The Morgan fingerprint density at radius 2 is 1.97 bits per heavy atom. The van der Waals surface area contributed by atoms with Gasteiger partial charge in [-0.25, -0.2) is 0 Å². The summed E-state index contributed by atoms with van der Waals surface area (Å²) in [5, 5.41) is 9.04. The standard InChI is InChI=1S/C24H28N2O3/c1-3-29-21-10-8-20(9-11-21)26(15-5-14-25)24(27)17-19-7-4-6-18-16-22(28-2)12-13-23(18)19/h8-13,16,19H,3-7,15,17H2,1-2H3. The second kappa shape index (κ2) is 9.97. The van der Waals surface area contributed by atoms with Crippen molar-refractivity contribution in [2.45, 2.75) is 44.9 Å². The van der Waals surface area contributed by atoms with Crippen LogP contribution in [0.25, 0.3) is 0 Å². The Kier molecular flexibility index (Phi) is 7.13. The molecule has 0 heterocycles. The Bertz CT molecular complexity index is 871. The van der Waals surface area contributed by atoms with Gasteiger partial charge in [-0.3, -0.25) is 4.79 Å². The minimum atomic E-state index is 0.0538. The molecule has 5 heteroatoms. The molecule has 0 aliphatic heterocycles. The number of anilines is 1. The molecule has 0 aromatic heterocycles. The highest BCUT2D eigenvalue weighted by Gasteiger charge is 2.26. The number of amides is 1. The molecule has 2 aromatic rings. The van der Waals surface area contributed by atoms with E-state index in [1.807, 2.05) is 37.3 Å². The molecule has 1 atom stereocenters. The van der Waals surface area contributed by atoms with Crippen LogP contribution in [0.5, 0.6) is 11.5 Å².